The predicted molar refractivity (Wildman–Crippen MR) is 119 cm³/mol. The second-order valence-corrected chi connectivity index (χ2v) is 8.56. The van der Waals surface area contributed by atoms with E-state index in [9.17, 15) is 31.1 Å². The zero-order chi connectivity index (χ0) is 26.0. The smallest absolute Gasteiger partial charge is 0.420 e. The van der Waals surface area contributed by atoms with Crippen LogP contribution in [0.2, 0.25) is 0 Å². The molecule has 12 heteroatoms. The highest BCUT2D eigenvalue weighted by Gasteiger charge is 2.35. The summed E-state index contributed by atoms with van der Waals surface area (Å²) in [6.07, 6.45) is -9.22. The molecule has 188 valence electrons. The molecule has 0 unspecified atom stereocenters. The molecular formula is C23H20F6N2O3S. The van der Waals surface area contributed by atoms with E-state index in [0.29, 0.717) is 22.8 Å². The summed E-state index contributed by atoms with van der Waals surface area (Å²) in [5.74, 6) is -1.99. The lowest BCUT2D eigenvalue weighted by Gasteiger charge is -2.24. The molecule has 0 saturated carbocycles. The van der Waals surface area contributed by atoms with Crippen molar-refractivity contribution in [2.45, 2.75) is 32.7 Å². The number of nitrogens with zero attached hydrogens (tertiary/aromatic N) is 2. The van der Waals surface area contributed by atoms with Crippen molar-refractivity contribution in [3.05, 3.63) is 64.2 Å². The number of rotatable bonds is 8. The molecule has 2 aromatic carbocycles. The Kier molecular flexibility index (Phi) is 7.63. The van der Waals surface area contributed by atoms with Gasteiger partial charge in [-0.1, -0.05) is 12.1 Å². The minimum atomic E-state index is -4.76. The van der Waals surface area contributed by atoms with E-state index in [1.165, 1.54) is 29.5 Å². The van der Waals surface area contributed by atoms with Gasteiger partial charge in [0.05, 0.1) is 23.4 Å². The first kappa shape index (κ1) is 26.3. The Morgan fingerprint density at radius 3 is 2.26 bits per heavy atom. The number of hydrogen-bond donors (Lipinski definition) is 1. The second-order valence-electron chi connectivity index (χ2n) is 7.48. The first-order valence-electron chi connectivity index (χ1n) is 10.2. The quantitative estimate of drug-likeness (QED) is 0.339. The molecule has 0 radical (unpaired) electrons. The molecule has 0 aliphatic carbocycles. The van der Waals surface area contributed by atoms with E-state index in [2.05, 4.69) is 4.98 Å². The van der Waals surface area contributed by atoms with Gasteiger partial charge in [0.25, 0.3) is 0 Å². The summed E-state index contributed by atoms with van der Waals surface area (Å²) in [7, 11) is 0. The molecular weight excluding hydrogens is 498 g/mol. The molecule has 0 bridgehead atoms. The number of aromatic nitrogens is 1. The lowest BCUT2D eigenvalue weighted by atomic mass is 10.1. The van der Waals surface area contributed by atoms with Gasteiger partial charge in [-0.15, -0.1) is 11.3 Å². The number of halogens is 6. The van der Waals surface area contributed by atoms with Gasteiger partial charge in [0, 0.05) is 22.7 Å². The van der Waals surface area contributed by atoms with Crippen molar-refractivity contribution < 1.29 is 41.0 Å². The van der Waals surface area contributed by atoms with Crippen molar-refractivity contribution in [1.29, 1.82) is 0 Å². The molecule has 0 aliphatic heterocycles. The maximum atomic E-state index is 13.6. The van der Waals surface area contributed by atoms with Crippen LogP contribution in [0, 0.1) is 6.92 Å². The number of thiazole rings is 1. The molecule has 1 heterocycles. The Morgan fingerprint density at radius 1 is 1.06 bits per heavy atom. The molecule has 1 N–H and O–H groups in total. The number of anilines is 1. The van der Waals surface area contributed by atoms with Gasteiger partial charge < -0.3 is 14.7 Å². The third kappa shape index (κ3) is 6.44. The molecule has 1 aromatic heterocycles. The third-order valence-electron chi connectivity index (χ3n) is 5.05. The van der Waals surface area contributed by atoms with Crippen molar-refractivity contribution >= 4 is 23.0 Å². The minimum Gasteiger partial charge on any atom is -0.481 e. The number of carbonyl (C=O) groups is 1. The third-order valence-corrected chi connectivity index (χ3v) is 6.24. The van der Waals surface area contributed by atoms with Crippen LogP contribution < -0.4 is 9.64 Å². The molecule has 0 amide bonds. The average Bonchev–Trinajstić information content (AvgIpc) is 3.15. The highest BCUT2D eigenvalue weighted by Crippen LogP contribution is 2.39. The van der Waals surface area contributed by atoms with Crippen LogP contribution in [0.3, 0.4) is 0 Å². The van der Waals surface area contributed by atoms with Gasteiger partial charge >= 0.3 is 18.3 Å². The molecule has 0 saturated heterocycles. The highest BCUT2D eigenvalue weighted by atomic mass is 32.1. The Balaban J connectivity index is 1.87. The van der Waals surface area contributed by atoms with Crippen LogP contribution in [-0.2, 0) is 23.7 Å². The predicted octanol–water partition coefficient (Wildman–Crippen LogP) is 6.65. The minimum absolute atomic E-state index is 0.216. The first-order valence-corrected chi connectivity index (χ1v) is 11.1. The van der Waals surface area contributed by atoms with E-state index in [0.717, 1.165) is 29.1 Å². The standard InChI is InChI=1S/C23H20F6N2O3S/c1-3-31(16-8-9-18(34-12-20(32)33)17(10-16)23(27,28)29)11-19-13(2)30-21(35-19)14-4-6-15(7-5-14)22(24,25)26/h4-10H,3,11-12H2,1-2H3,(H,32,33). The Labute approximate surface area is 200 Å². The number of carboxylic acids is 1. The van der Waals surface area contributed by atoms with Gasteiger partial charge in [-0.05, 0) is 44.2 Å². The van der Waals surface area contributed by atoms with Gasteiger partial charge in [-0.2, -0.15) is 26.3 Å². The van der Waals surface area contributed by atoms with E-state index in [-0.39, 0.29) is 12.2 Å². The van der Waals surface area contributed by atoms with Gasteiger partial charge in [0.2, 0.25) is 0 Å². The van der Waals surface area contributed by atoms with Crippen molar-refractivity contribution in [1.82, 2.24) is 4.98 Å². The van der Waals surface area contributed by atoms with Crippen LogP contribution in [-0.4, -0.2) is 29.2 Å². The number of carboxylic acid groups (broad SMARTS) is 1. The van der Waals surface area contributed by atoms with Crippen LogP contribution >= 0.6 is 11.3 Å². The fourth-order valence-electron chi connectivity index (χ4n) is 3.26. The van der Waals surface area contributed by atoms with Crippen molar-refractivity contribution in [3.8, 4) is 16.3 Å². The van der Waals surface area contributed by atoms with E-state index < -0.39 is 41.8 Å². The molecule has 3 rings (SSSR count). The van der Waals surface area contributed by atoms with Gasteiger partial charge in [-0.25, -0.2) is 9.78 Å². The molecule has 0 spiro atoms. The molecule has 0 atom stereocenters. The van der Waals surface area contributed by atoms with Gasteiger partial charge in [0.15, 0.2) is 6.61 Å². The van der Waals surface area contributed by atoms with Crippen LogP contribution in [0.15, 0.2) is 42.5 Å². The van der Waals surface area contributed by atoms with Gasteiger partial charge in [0.1, 0.15) is 10.8 Å². The summed E-state index contributed by atoms with van der Waals surface area (Å²) in [4.78, 5) is 17.5. The fourth-order valence-corrected chi connectivity index (χ4v) is 4.34. The molecule has 3 aromatic rings. The number of ether oxygens (including phenoxy) is 1. The van der Waals surface area contributed by atoms with Crippen LogP contribution in [0.4, 0.5) is 32.0 Å². The van der Waals surface area contributed by atoms with Crippen molar-refractivity contribution in [2.24, 2.45) is 0 Å². The summed E-state index contributed by atoms with van der Waals surface area (Å²) in [5.41, 5.74) is -0.517. The van der Waals surface area contributed by atoms with Crippen LogP contribution in [0.1, 0.15) is 28.6 Å². The number of alkyl halides is 6. The van der Waals surface area contributed by atoms with E-state index in [1.807, 2.05) is 0 Å². The molecule has 5 nitrogen and oxygen atoms in total. The summed E-state index contributed by atoms with van der Waals surface area (Å²) in [6, 6.07) is 7.98. The van der Waals surface area contributed by atoms with Crippen LogP contribution in [0.5, 0.6) is 5.75 Å². The zero-order valence-electron chi connectivity index (χ0n) is 18.5. The maximum Gasteiger partial charge on any atom is 0.420 e. The summed E-state index contributed by atoms with van der Waals surface area (Å²) >= 11 is 1.24. The second kappa shape index (κ2) is 10.1. The summed E-state index contributed by atoms with van der Waals surface area (Å²) in [6.45, 7) is 3.13. The monoisotopic (exact) mass is 518 g/mol. The lowest BCUT2D eigenvalue weighted by molar-refractivity contribution is -0.143. The molecule has 0 aliphatic rings. The van der Waals surface area contributed by atoms with Crippen LogP contribution in [0.25, 0.3) is 10.6 Å². The summed E-state index contributed by atoms with van der Waals surface area (Å²) in [5, 5.41) is 9.20. The lowest BCUT2D eigenvalue weighted by Crippen LogP contribution is -2.23. The number of benzene rings is 2. The Hall–Kier alpha value is -3.28. The molecule has 0 fully saturated rings. The van der Waals surface area contributed by atoms with E-state index in [1.54, 1.807) is 18.7 Å². The normalized spacial score (nSPS) is 12.0. The largest absolute Gasteiger partial charge is 0.481 e. The average molecular weight is 518 g/mol. The fraction of sp³-hybridized carbons (Fsp3) is 0.304. The highest BCUT2D eigenvalue weighted by molar-refractivity contribution is 7.15. The van der Waals surface area contributed by atoms with Gasteiger partial charge in [-0.3, -0.25) is 0 Å². The molecule has 35 heavy (non-hydrogen) atoms. The summed E-state index contributed by atoms with van der Waals surface area (Å²) < 4.78 is 84.0. The van der Waals surface area contributed by atoms with E-state index in [4.69, 9.17) is 9.84 Å². The number of hydrogen-bond acceptors (Lipinski definition) is 5. The SMILES string of the molecule is CCN(Cc1sc(-c2ccc(C(F)(F)F)cc2)nc1C)c1ccc(OCC(=O)O)c(C(F)(F)F)c1. The van der Waals surface area contributed by atoms with E-state index >= 15 is 0 Å². The van der Waals surface area contributed by atoms with Crippen molar-refractivity contribution in [2.75, 3.05) is 18.1 Å². The Morgan fingerprint density at radius 2 is 1.71 bits per heavy atom. The number of aliphatic carboxylic acids is 1. The first-order chi connectivity index (χ1) is 16.3. The van der Waals surface area contributed by atoms with Crippen molar-refractivity contribution in [3.63, 3.8) is 0 Å². The maximum absolute atomic E-state index is 13.6. The Bertz CT molecular complexity index is 1190. The topological polar surface area (TPSA) is 62.7 Å². The zero-order valence-corrected chi connectivity index (χ0v) is 19.3. The number of aryl methyl sites for hydroxylation is 1.